The molecule has 5 heteroatoms. The number of amides is 2. The van der Waals surface area contributed by atoms with E-state index in [4.69, 9.17) is 0 Å². The van der Waals surface area contributed by atoms with Gasteiger partial charge in [0.25, 0.3) is 0 Å². The first-order valence-electron chi connectivity index (χ1n) is 11.8. The summed E-state index contributed by atoms with van der Waals surface area (Å²) in [5.74, 6) is 0. The highest BCUT2D eigenvalue weighted by Gasteiger charge is 2.46. The van der Waals surface area contributed by atoms with E-state index in [0.29, 0.717) is 6.54 Å². The quantitative estimate of drug-likeness (QED) is 0.644. The number of nitrogens with zero attached hydrogens (tertiary/aromatic N) is 3. The minimum Gasteiger partial charge on any atom is -0.359 e. The summed E-state index contributed by atoms with van der Waals surface area (Å²) in [5.41, 5.74) is 6.37. The van der Waals surface area contributed by atoms with Gasteiger partial charge in [0.1, 0.15) is 0 Å². The summed E-state index contributed by atoms with van der Waals surface area (Å²) < 4.78 is 2.36. The Morgan fingerprint density at radius 1 is 1.00 bits per heavy atom. The number of carbonyl (C=O) groups excluding carboxylic acids is 1. The van der Waals surface area contributed by atoms with Crippen LogP contribution in [0.15, 0.2) is 66.9 Å². The van der Waals surface area contributed by atoms with Gasteiger partial charge in [-0.05, 0) is 68.5 Å². The van der Waals surface area contributed by atoms with Crippen molar-refractivity contribution < 1.29 is 4.79 Å². The van der Waals surface area contributed by atoms with Crippen molar-refractivity contribution in [2.45, 2.75) is 38.6 Å². The fraction of sp³-hybridized carbons (Fsp3) is 0.370. The molecular formula is C27H32N4O. The molecule has 1 spiro atoms. The first-order valence-corrected chi connectivity index (χ1v) is 11.8. The van der Waals surface area contributed by atoms with Gasteiger partial charge in [-0.15, -0.1) is 0 Å². The van der Waals surface area contributed by atoms with Crippen molar-refractivity contribution in [3.63, 3.8) is 0 Å². The molecule has 0 unspecified atom stereocenters. The molecule has 5 rings (SSSR count). The number of likely N-dealkylation sites (tertiary alicyclic amines) is 1. The molecule has 1 N–H and O–H groups in total. The van der Waals surface area contributed by atoms with Crippen LogP contribution in [0.5, 0.6) is 0 Å². The summed E-state index contributed by atoms with van der Waals surface area (Å²) in [4.78, 5) is 17.4. The van der Waals surface area contributed by atoms with E-state index in [1.165, 1.54) is 28.2 Å². The van der Waals surface area contributed by atoms with Crippen LogP contribution in [-0.4, -0.2) is 41.7 Å². The van der Waals surface area contributed by atoms with E-state index in [9.17, 15) is 4.79 Å². The maximum absolute atomic E-state index is 12.8. The van der Waals surface area contributed by atoms with E-state index in [1.807, 2.05) is 23.1 Å². The molecule has 0 atom stereocenters. The Hall–Kier alpha value is -3.21. The van der Waals surface area contributed by atoms with Crippen molar-refractivity contribution in [3.05, 3.63) is 83.7 Å². The molecule has 0 radical (unpaired) electrons. The molecule has 0 saturated carbocycles. The van der Waals surface area contributed by atoms with Crippen LogP contribution >= 0.6 is 0 Å². The minimum atomic E-state index is -0.0696. The Morgan fingerprint density at radius 3 is 2.53 bits per heavy atom. The number of fused-ring (bicyclic) bond motifs is 4. The molecule has 32 heavy (non-hydrogen) atoms. The standard InChI is InChI=1S/C27H32N4O/c1-3-31-24-20-21(2)11-12-23(24)30-17-7-10-25(30)27(31)14-18-29(19-15-27)26(32)28-16-13-22-8-5-4-6-9-22/h4-12,17,20H,3,13-16,18-19H2,1-2H3,(H,28,32). The summed E-state index contributed by atoms with van der Waals surface area (Å²) in [5, 5.41) is 3.12. The number of piperidine rings is 1. The monoisotopic (exact) mass is 428 g/mol. The Bertz CT molecular complexity index is 1100. The summed E-state index contributed by atoms with van der Waals surface area (Å²) in [6.45, 7) is 7.55. The lowest BCUT2D eigenvalue weighted by Crippen LogP contribution is -2.58. The van der Waals surface area contributed by atoms with Crippen molar-refractivity contribution in [3.8, 4) is 5.69 Å². The molecule has 0 bridgehead atoms. The molecule has 3 heterocycles. The number of aryl methyl sites for hydroxylation is 1. The van der Waals surface area contributed by atoms with Crippen LogP contribution in [0, 0.1) is 6.92 Å². The fourth-order valence-corrected chi connectivity index (χ4v) is 5.54. The van der Waals surface area contributed by atoms with E-state index >= 15 is 0 Å². The van der Waals surface area contributed by atoms with Gasteiger partial charge in [-0.2, -0.15) is 0 Å². The van der Waals surface area contributed by atoms with Gasteiger partial charge in [0, 0.05) is 38.1 Å². The van der Waals surface area contributed by atoms with Gasteiger partial charge in [0.2, 0.25) is 0 Å². The molecule has 2 aliphatic heterocycles. The first-order chi connectivity index (χ1) is 15.6. The van der Waals surface area contributed by atoms with Crippen LogP contribution in [0.1, 0.15) is 36.6 Å². The van der Waals surface area contributed by atoms with E-state index in [0.717, 1.165) is 38.9 Å². The molecule has 3 aromatic rings. The third kappa shape index (κ3) is 3.46. The van der Waals surface area contributed by atoms with Gasteiger partial charge in [0.05, 0.1) is 16.9 Å². The number of carbonyl (C=O) groups is 1. The number of aromatic nitrogens is 1. The van der Waals surface area contributed by atoms with Gasteiger partial charge >= 0.3 is 6.03 Å². The zero-order valence-corrected chi connectivity index (χ0v) is 19.1. The Balaban J connectivity index is 1.31. The van der Waals surface area contributed by atoms with Gasteiger partial charge < -0.3 is 19.7 Å². The van der Waals surface area contributed by atoms with Crippen LogP contribution in [-0.2, 0) is 12.0 Å². The smallest absolute Gasteiger partial charge is 0.317 e. The van der Waals surface area contributed by atoms with Crippen LogP contribution in [0.2, 0.25) is 0 Å². The average molecular weight is 429 g/mol. The predicted molar refractivity (Wildman–Crippen MR) is 130 cm³/mol. The molecule has 166 valence electrons. The zero-order chi connectivity index (χ0) is 22.1. The molecule has 1 fully saturated rings. The van der Waals surface area contributed by atoms with Crippen molar-refractivity contribution in [1.82, 2.24) is 14.8 Å². The third-order valence-corrected chi connectivity index (χ3v) is 7.15. The van der Waals surface area contributed by atoms with Crippen molar-refractivity contribution in [1.29, 1.82) is 0 Å². The highest BCUT2D eigenvalue weighted by Crippen LogP contribution is 2.48. The van der Waals surface area contributed by atoms with Crippen LogP contribution in [0.4, 0.5) is 10.5 Å². The third-order valence-electron chi connectivity index (χ3n) is 7.15. The molecule has 2 amide bonds. The van der Waals surface area contributed by atoms with Crippen molar-refractivity contribution >= 4 is 11.7 Å². The highest BCUT2D eigenvalue weighted by molar-refractivity contribution is 5.75. The first kappa shape index (κ1) is 20.7. The van der Waals surface area contributed by atoms with Gasteiger partial charge in [-0.1, -0.05) is 36.4 Å². The normalized spacial score (nSPS) is 16.6. The summed E-state index contributed by atoms with van der Waals surface area (Å²) in [6, 6.07) is 21.5. The van der Waals surface area contributed by atoms with E-state index in [1.54, 1.807) is 0 Å². The Morgan fingerprint density at radius 2 is 1.78 bits per heavy atom. The maximum Gasteiger partial charge on any atom is 0.317 e. The fourth-order valence-electron chi connectivity index (χ4n) is 5.54. The summed E-state index contributed by atoms with van der Waals surface area (Å²) in [7, 11) is 0. The van der Waals surface area contributed by atoms with Crippen molar-refractivity contribution in [2.75, 3.05) is 31.1 Å². The molecular weight excluding hydrogens is 396 g/mol. The lowest BCUT2D eigenvalue weighted by molar-refractivity contribution is 0.151. The Labute approximate surface area is 190 Å². The number of nitrogens with one attached hydrogen (secondary N) is 1. The van der Waals surface area contributed by atoms with Gasteiger partial charge in [-0.25, -0.2) is 4.79 Å². The predicted octanol–water partition coefficient (Wildman–Crippen LogP) is 4.87. The van der Waals surface area contributed by atoms with E-state index in [-0.39, 0.29) is 11.6 Å². The maximum atomic E-state index is 12.8. The molecule has 1 saturated heterocycles. The van der Waals surface area contributed by atoms with Crippen molar-refractivity contribution in [2.24, 2.45) is 0 Å². The second-order valence-electron chi connectivity index (χ2n) is 8.99. The lowest BCUT2D eigenvalue weighted by atomic mass is 9.80. The van der Waals surface area contributed by atoms with Crippen LogP contribution in [0.3, 0.4) is 0 Å². The van der Waals surface area contributed by atoms with E-state index < -0.39 is 0 Å². The molecule has 5 nitrogen and oxygen atoms in total. The summed E-state index contributed by atoms with van der Waals surface area (Å²) in [6.07, 6.45) is 4.91. The van der Waals surface area contributed by atoms with Crippen LogP contribution < -0.4 is 10.2 Å². The molecule has 2 aromatic carbocycles. The SMILES string of the molecule is CCN1c2cc(C)ccc2-n2cccc2C12CCN(C(=O)NCCc1ccccc1)CC2. The van der Waals surface area contributed by atoms with Crippen LogP contribution in [0.25, 0.3) is 5.69 Å². The average Bonchev–Trinajstić information content (AvgIpc) is 3.31. The Kier molecular flexibility index (Phi) is 5.41. The minimum absolute atomic E-state index is 0.0567. The zero-order valence-electron chi connectivity index (χ0n) is 19.1. The lowest BCUT2D eigenvalue weighted by Gasteiger charge is -2.53. The number of rotatable bonds is 4. The summed E-state index contributed by atoms with van der Waals surface area (Å²) >= 11 is 0. The molecule has 2 aliphatic rings. The largest absolute Gasteiger partial charge is 0.359 e. The molecule has 1 aromatic heterocycles. The van der Waals surface area contributed by atoms with Gasteiger partial charge in [-0.3, -0.25) is 0 Å². The number of benzene rings is 2. The number of anilines is 1. The number of urea groups is 1. The second-order valence-corrected chi connectivity index (χ2v) is 8.99. The van der Waals surface area contributed by atoms with Gasteiger partial charge in [0.15, 0.2) is 0 Å². The topological polar surface area (TPSA) is 40.5 Å². The highest BCUT2D eigenvalue weighted by atomic mass is 16.2. The second kappa shape index (κ2) is 8.38. The van der Waals surface area contributed by atoms with E-state index in [2.05, 4.69) is 77.3 Å². The number of hydrogen-bond acceptors (Lipinski definition) is 2. The number of hydrogen-bond donors (Lipinski definition) is 1. The molecule has 0 aliphatic carbocycles.